The van der Waals surface area contributed by atoms with E-state index in [4.69, 9.17) is 0 Å². The molecule has 0 bridgehead atoms. The van der Waals surface area contributed by atoms with E-state index < -0.39 is 5.54 Å². The molecule has 2 aliphatic rings. The average Bonchev–Trinajstić information content (AvgIpc) is 3.33. The van der Waals surface area contributed by atoms with Crippen LogP contribution in [0.2, 0.25) is 0 Å². The topological polar surface area (TPSA) is 83.6 Å². The number of amides is 1. The zero-order valence-electron chi connectivity index (χ0n) is 13.7. The smallest absolute Gasteiger partial charge is 0.234 e. The van der Waals surface area contributed by atoms with Gasteiger partial charge in [-0.15, -0.1) is 10.2 Å². The van der Waals surface area contributed by atoms with E-state index in [9.17, 15) is 10.1 Å². The summed E-state index contributed by atoms with van der Waals surface area (Å²) >= 11 is 1.41. The highest BCUT2D eigenvalue weighted by molar-refractivity contribution is 8.00. The van der Waals surface area contributed by atoms with Gasteiger partial charge >= 0.3 is 0 Å². The lowest BCUT2D eigenvalue weighted by atomic mass is 9.83. The molecule has 3 rings (SSSR count). The summed E-state index contributed by atoms with van der Waals surface area (Å²) in [4.78, 5) is 12.5. The van der Waals surface area contributed by atoms with Crippen LogP contribution in [0.4, 0.5) is 0 Å². The van der Waals surface area contributed by atoms with Crippen LogP contribution in [-0.2, 0) is 11.8 Å². The Bertz CT molecular complexity index is 625. The zero-order chi connectivity index (χ0) is 16.4. The molecule has 2 fully saturated rings. The molecule has 1 atom stereocenters. The van der Waals surface area contributed by atoms with Crippen LogP contribution in [0.25, 0.3) is 0 Å². The van der Waals surface area contributed by atoms with E-state index in [1.165, 1.54) is 24.6 Å². The number of aromatic nitrogens is 3. The van der Waals surface area contributed by atoms with Gasteiger partial charge in [-0.2, -0.15) is 5.26 Å². The minimum Gasteiger partial charge on any atom is -0.337 e. The van der Waals surface area contributed by atoms with E-state index in [-0.39, 0.29) is 11.2 Å². The van der Waals surface area contributed by atoms with Gasteiger partial charge in [0.15, 0.2) is 5.16 Å². The molecule has 1 N–H and O–H groups in total. The van der Waals surface area contributed by atoms with Gasteiger partial charge in [0, 0.05) is 13.0 Å². The van der Waals surface area contributed by atoms with Crippen LogP contribution in [0.3, 0.4) is 0 Å². The summed E-state index contributed by atoms with van der Waals surface area (Å²) in [5.74, 6) is 1.46. The number of carbonyl (C=O) groups excluding carboxylic acids is 1. The van der Waals surface area contributed by atoms with Gasteiger partial charge in [-0.25, -0.2) is 0 Å². The van der Waals surface area contributed by atoms with E-state index in [0.29, 0.717) is 5.92 Å². The molecule has 0 unspecified atom stereocenters. The first-order chi connectivity index (χ1) is 11.0. The molecule has 2 aliphatic carbocycles. The van der Waals surface area contributed by atoms with E-state index in [1.54, 1.807) is 0 Å². The molecule has 1 amide bonds. The Hall–Kier alpha value is -1.55. The Morgan fingerprint density at radius 1 is 1.39 bits per heavy atom. The zero-order valence-corrected chi connectivity index (χ0v) is 14.5. The number of carbonyl (C=O) groups is 1. The SMILES string of the molecule is C[C@H](Sc1nnc(C2CC2)n1C)C(=O)NC1(C#N)CCCCC1. The van der Waals surface area contributed by atoms with Crippen molar-refractivity contribution < 1.29 is 4.79 Å². The third-order valence-electron chi connectivity index (χ3n) is 4.75. The highest BCUT2D eigenvalue weighted by Gasteiger charge is 2.35. The molecule has 1 heterocycles. The molecule has 7 heteroatoms. The van der Waals surface area contributed by atoms with Gasteiger partial charge in [-0.1, -0.05) is 31.0 Å². The number of thioether (sulfide) groups is 1. The Kier molecular flexibility index (Phi) is 4.62. The quantitative estimate of drug-likeness (QED) is 0.837. The summed E-state index contributed by atoms with van der Waals surface area (Å²) in [6, 6.07) is 2.33. The van der Waals surface area contributed by atoms with Crippen molar-refractivity contribution in [1.82, 2.24) is 20.1 Å². The highest BCUT2D eigenvalue weighted by Crippen LogP contribution is 2.39. The number of hydrogen-bond donors (Lipinski definition) is 1. The van der Waals surface area contributed by atoms with Crippen molar-refractivity contribution >= 4 is 17.7 Å². The van der Waals surface area contributed by atoms with Gasteiger partial charge in [-0.3, -0.25) is 4.79 Å². The lowest BCUT2D eigenvalue weighted by Gasteiger charge is -2.32. The van der Waals surface area contributed by atoms with Crippen molar-refractivity contribution in [3.63, 3.8) is 0 Å². The molecule has 0 aromatic carbocycles. The minimum atomic E-state index is -0.677. The maximum atomic E-state index is 12.5. The van der Waals surface area contributed by atoms with Gasteiger partial charge in [0.2, 0.25) is 5.91 Å². The van der Waals surface area contributed by atoms with Crippen LogP contribution >= 0.6 is 11.8 Å². The predicted octanol–water partition coefficient (Wildman–Crippen LogP) is 2.52. The second-order valence-electron chi connectivity index (χ2n) is 6.68. The third kappa shape index (κ3) is 3.52. The number of rotatable bonds is 5. The monoisotopic (exact) mass is 333 g/mol. The maximum Gasteiger partial charge on any atom is 0.234 e. The van der Waals surface area contributed by atoms with Crippen molar-refractivity contribution in [2.24, 2.45) is 7.05 Å². The predicted molar refractivity (Wildman–Crippen MR) is 87.9 cm³/mol. The van der Waals surface area contributed by atoms with Gasteiger partial charge in [0.25, 0.3) is 0 Å². The largest absolute Gasteiger partial charge is 0.337 e. The van der Waals surface area contributed by atoms with Crippen LogP contribution in [0.15, 0.2) is 5.16 Å². The molecular formula is C16H23N5OS. The minimum absolute atomic E-state index is 0.0885. The standard InChI is InChI=1S/C16H23N5OS/c1-11(14(22)18-16(10-17)8-4-3-5-9-16)23-15-20-19-13(21(15)2)12-6-7-12/h11-12H,3-9H2,1-2H3,(H,18,22)/t11-/m0/s1. The molecule has 1 aromatic rings. The van der Waals surface area contributed by atoms with Crippen LogP contribution < -0.4 is 5.32 Å². The van der Waals surface area contributed by atoms with E-state index >= 15 is 0 Å². The first-order valence-electron chi connectivity index (χ1n) is 8.34. The van der Waals surface area contributed by atoms with Crippen molar-refractivity contribution in [3.8, 4) is 6.07 Å². The second kappa shape index (κ2) is 6.52. The van der Waals surface area contributed by atoms with Gasteiger partial charge in [0.1, 0.15) is 11.4 Å². The molecule has 6 nitrogen and oxygen atoms in total. The Morgan fingerprint density at radius 2 is 2.09 bits per heavy atom. The van der Waals surface area contributed by atoms with Crippen molar-refractivity contribution in [3.05, 3.63) is 5.82 Å². The fourth-order valence-corrected chi connectivity index (χ4v) is 3.92. The molecule has 0 saturated heterocycles. The summed E-state index contributed by atoms with van der Waals surface area (Å²) in [6.45, 7) is 1.86. The lowest BCUT2D eigenvalue weighted by molar-refractivity contribution is -0.121. The van der Waals surface area contributed by atoms with Crippen LogP contribution in [0.5, 0.6) is 0 Å². The average molecular weight is 333 g/mol. The van der Waals surface area contributed by atoms with Crippen LogP contribution in [0.1, 0.15) is 63.6 Å². The fraction of sp³-hybridized carbons (Fsp3) is 0.750. The van der Waals surface area contributed by atoms with Crippen LogP contribution in [-0.4, -0.2) is 31.5 Å². The van der Waals surface area contributed by atoms with Gasteiger partial charge in [-0.05, 0) is 32.6 Å². The van der Waals surface area contributed by atoms with E-state index in [2.05, 4.69) is 21.6 Å². The van der Waals surface area contributed by atoms with Gasteiger partial charge in [0.05, 0.1) is 11.3 Å². The summed E-state index contributed by atoms with van der Waals surface area (Å²) < 4.78 is 1.99. The van der Waals surface area contributed by atoms with Crippen LogP contribution in [0, 0.1) is 11.3 Å². The van der Waals surface area contributed by atoms with E-state index in [1.807, 2.05) is 18.5 Å². The summed E-state index contributed by atoms with van der Waals surface area (Å²) in [6.07, 6.45) is 7.01. The molecule has 1 aromatic heterocycles. The highest BCUT2D eigenvalue weighted by atomic mass is 32.2. The number of nitriles is 1. The summed E-state index contributed by atoms with van der Waals surface area (Å²) in [7, 11) is 1.96. The molecule has 23 heavy (non-hydrogen) atoms. The first kappa shape index (κ1) is 16.3. The second-order valence-corrected chi connectivity index (χ2v) is 7.99. The molecule has 124 valence electrons. The number of nitrogens with one attached hydrogen (secondary N) is 1. The van der Waals surface area contributed by atoms with Crippen molar-refractivity contribution in [2.45, 2.75) is 73.7 Å². The molecule has 0 radical (unpaired) electrons. The number of hydrogen-bond acceptors (Lipinski definition) is 5. The Labute approximate surface area is 141 Å². The Morgan fingerprint density at radius 3 is 2.70 bits per heavy atom. The molecular weight excluding hydrogens is 310 g/mol. The number of nitrogens with zero attached hydrogens (tertiary/aromatic N) is 4. The molecule has 0 aliphatic heterocycles. The Balaban J connectivity index is 1.62. The normalized spacial score (nSPS) is 21.4. The molecule has 2 saturated carbocycles. The van der Waals surface area contributed by atoms with Crippen molar-refractivity contribution in [2.75, 3.05) is 0 Å². The summed E-state index contributed by atoms with van der Waals surface area (Å²) in [5.41, 5.74) is -0.677. The van der Waals surface area contributed by atoms with Crippen molar-refractivity contribution in [1.29, 1.82) is 5.26 Å². The third-order valence-corrected chi connectivity index (χ3v) is 5.88. The fourth-order valence-electron chi connectivity index (χ4n) is 3.10. The summed E-state index contributed by atoms with van der Waals surface area (Å²) in [5, 5.41) is 21.4. The molecule has 0 spiro atoms. The maximum absolute atomic E-state index is 12.5. The first-order valence-corrected chi connectivity index (χ1v) is 9.22. The van der Waals surface area contributed by atoms with Gasteiger partial charge < -0.3 is 9.88 Å². The lowest BCUT2D eigenvalue weighted by Crippen LogP contribution is -2.50. The van der Waals surface area contributed by atoms with E-state index in [0.717, 1.165) is 43.1 Å².